The average Bonchev–Trinajstić information content (AvgIpc) is 2.58. The minimum atomic E-state index is -4.77. The van der Waals surface area contributed by atoms with Crippen molar-refractivity contribution in [1.82, 2.24) is 0 Å². The van der Waals surface area contributed by atoms with E-state index in [1.807, 2.05) is 0 Å². The number of nitrogens with zero attached hydrogens (tertiary/aromatic N) is 1. The Balaban J connectivity index is 2.37. The van der Waals surface area contributed by atoms with Crippen LogP contribution >= 0.6 is 0 Å². The number of hydrogen-bond acceptors (Lipinski definition) is 4. The van der Waals surface area contributed by atoms with E-state index in [9.17, 15) is 21.9 Å². The number of amides is 2. The first-order valence-corrected chi connectivity index (χ1v) is 5.89. The number of hydrogen-bond donors (Lipinski definition) is 0. The molecule has 7 heteroatoms. The van der Waals surface area contributed by atoms with Crippen LogP contribution in [-0.4, -0.2) is 20.2 Å². The first-order valence-electron chi connectivity index (χ1n) is 4.50. The Morgan fingerprint density at radius 3 is 1.82 bits per heavy atom. The number of rotatable bonds is 2. The summed E-state index contributed by atoms with van der Waals surface area (Å²) in [6.45, 7) is 0. The van der Waals surface area contributed by atoms with E-state index in [0.717, 1.165) is 29.2 Å². The lowest BCUT2D eigenvalue weighted by Gasteiger charge is -2.13. The van der Waals surface area contributed by atoms with E-state index < -0.39 is 26.9 Å². The van der Waals surface area contributed by atoms with Crippen LogP contribution in [0, 0.1) is 0 Å². The van der Waals surface area contributed by atoms with Gasteiger partial charge in [-0.3, -0.25) is 9.59 Å². The van der Waals surface area contributed by atoms with Gasteiger partial charge in [0, 0.05) is 12.2 Å². The summed E-state index contributed by atoms with van der Waals surface area (Å²) in [6.07, 6.45) is 2.20. The maximum Gasteiger partial charge on any atom is 0.332 e. The predicted molar refractivity (Wildman–Crippen MR) is 56.4 cm³/mol. The Hall–Kier alpha value is -2.02. The van der Waals surface area contributed by atoms with Gasteiger partial charge in [0.15, 0.2) is 0 Å². The number of halogens is 1. The number of carbonyl (C=O) groups is 2. The van der Waals surface area contributed by atoms with Crippen molar-refractivity contribution in [1.29, 1.82) is 0 Å². The van der Waals surface area contributed by atoms with Crippen molar-refractivity contribution in [3.63, 3.8) is 0 Å². The second-order valence-corrected chi connectivity index (χ2v) is 4.62. The van der Waals surface area contributed by atoms with Crippen LogP contribution in [0.1, 0.15) is 0 Å². The van der Waals surface area contributed by atoms with Crippen molar-refractivity contribution in [2.75, 3.05) is 4.90 Å². The fourth-order valence-electron chi connectivity index (χ4n) is 1.41. The van der Waals surface area contributed by atoms with Crippen LogP contribution in [0.4, 0.5) is 9.57 Å². The van der Waals surface area contributed by atoms with Gasteiger partial charge in [-0.25, -0.2) is 4.90 Å². The molecule has 0 fully saturated rings. The van der Waals surface area contributed by atoms with Crippen molar-refractivity contribution < 1.29 is 21.9 Å². The van der Waals surface area contributed by atoms with Crippen molar-refractivity contribution >= 4 is 27.7 Å². The quantitative estimate of drug-likeness (QED) is 0.578. The second-order valence-electron chi connectivity index (χ2n) is 3.28. The van der Waals surface area contributed by atoms with E-state index in [4.69, 9.17) is 0 Å². The van der Waals surface area contributed by atoms with Crippen LogP contribution in [-0.2, 0) is 19.8 Å². The fraction of sp³-hybridized carbons (Fsp3) is 0. The molecule has 0 unspecified atom stereocenters. The minimum Gasteiger partial charge on any atom is -0.269 e. The molecule has 2 amide bonds. The Kier molecular flexibility index (Phi) is 2.55. The summed E-state index contributed by atoms with van der Waals surface area (Å²) in [7, 11) is -4.77. The maximum absolute atomic E-state index is 12.6. The van der Waals surface area contributed by atoms with Crippen molar-refractivity contribution in [2.45, 2.75) is 4.90 Å². The first kappa shape index (κ1) is 11.5. The van der Waals surface area contributed by atoms with E-state index in [-0.39, 0.29) is 5.69 Å². The molecule has 0 radical (unpaired) electrons. The predicted octanol–water partition coefficient (Wildman–Crippen LogP) is 0.774. The van der Waals surface area contributed by atoms with Crippen LogP contribution in [0.25, 0.3) is 0 Å². The topological polar surface area (TPSA) is 71.5 Å². The van der Waals surface area contributed by atoms with E-state index >= 15 is 0 Å². The van der Waals surface area contributed by atoms with E-state index in [0.29, 0.717) is 0 Å². The van der Waals surface area contributed by atoms with Crippen LogP contribution < -0.4 is 4.90 Å². The van der Waals surface area contributed by atoms with Gasteiger partial charge in [-0.15, -0.1) is 3.89 Å². The Morgan fingerprint density at radius 1 is 0.941 bits per heavy atom. The molecule has 0 atom stereocenters. The molecule has 0 saturated carbocycles. The average molecular weight is 255 g/mol. The normalized spacial score (nSPS) is 15.7. The van der Waals surface area contributed by atoms with Gasteiger partial charge >= 0.3 is 10.2 Å². The van der Waals surface area contributed by atoms with Crippen LogP contribution in [0.2, 0.25) is 0 Å². The summed E-state index contributed by atoms with van der Waals surface area (Å²) in [5.41, 5.74) is 0.192. The van der Waals surface area contributed by atoms with Crippen molar-refractivity contribution in [3.05, 3.63) is 36.4 Å². The van der Waals surface area contributed by atoms with Gasteiger partial charge in [0.2, 0.25) is 0 Å². The van der Waals surface area contributed by atoms with E-state index in [2.05, 4.69) is 0 Å². The van der Waals surface area contributed by atoms with Gasteiger partial charge < -0.3 is 0 Å². The Morgan fingerprint density at radius 2 is 1.41 bits per heavy atom. The SMILES string of the molecule is O=C1C=CC(=O)N1c1ccc(S(=O)(=O)F)cc1. The highest BCUT2D eigenvalue weighted by Crippen LogP contribution is 2.21. The highest BCUT2D eigenvalue weighted by molar-refractivity contribution is 7.86. The molecule has 0 spiro atoms. The Bertz CT molecular complexity index is 600. The molecule has 1 aromatic carbocycles. The molecule has 0 aliphatic carbocycles. The smallest absolute Gasteiger partial charge is 0.269 e. The molecule has 1 aromatic rings. The van der Waals surface area contributed by atoms with Gasteiger partial charge in [-0.05, 0) is 24.3 Å². The zero-order valence-electron chi connectivity index (χ0n) is 8.33. The maximum atomic E-state index is 12.6. The van der Waals surface area contributed by atoms with Gasteiger partial charge in [0.1, 0.15) is 0 Å². The molecule has 0 aromatic heterocycles. The van der Waals surface area contributed by atoms with Gasteiger partial charge in [-0.2, -0.15) is 8.42 Å². The number of carbonyl (C=O) groups excluding carboxylic acids is 2. The summed E-state index contributed by atoms with van der Waals surface area (Å²) in [6, 6.07) is 4.36. The number of imide groups is 1. The minimum absolute atomic E-state index is 0.192. The molecule has 0 bridgehead atoms. The van der Waals surface area contributed by atoms with Gasteiger partial charge in [0.25, 0.3) is 11.8 Å². The third-order valence-corrected chi connectivity index (χ3v) is 3.02. The molecular formula is C10H6FNO4S. The first-order chi connectivity index (χ1) is 7.89. The second kappa shape index (κ2) is 3.77. The molecule has 0 N–H and O–H groups in total. The van der Waals surface area contributed by atoms with E-state index in [1.54, 1.807) is 0 Å². The molecular weight excluding hydrogens is 249 g/mol. The lowest BCUT2D eigenvalue weighted by Crippen LogP contribution is -2.29. The zero-order chi connectivity index (χ0) is 12.6. The fourth-order valence-corrected chi connectivity index (χ4v) is 1.87. The Labute approximate surface area is 96.4 Å². The number of benzene rings is 1. The summed E-state index contributed by atoms with van der Waals surface area (Å²) in [4.78, 5) is 22.9. The molecule has 1 aliphatic heterocycles. The third kappa shape index (κ3) is 2.09. The van der Waals surface area contributed by atoms with Gasteiger partial charge in [0.05, 0.1) is 10.6 Å². The van der Waals surface area contributed by atoms with Crippen LogP contribution in [0.3, 0.4) is 0 Å². The van der Waals surface area contributed by atoms with E-state index in [1.165, 1.54) is 12.1 Å². The van der Waals surface area contributed by atoms with Crippen LogP contribution in [0.15, 0.2) is 41.3 Å². The zero-order valence-corrected chi connectivity index (χ0v) is 9.15. The summed E-state index contributed by atoms with van der Waals surface area (Å²) in [5.74, 6) is -1.04. The lowest BCUT2D eigenvalue weighted by molar-refractivity contribution is -0.119. The highest BCUT2D eigenvalue weighted by atomic mass is 32.3. The molecule has 5 nitrogen and oxygen atoms in total. The summed E-state index contributed by atoms with van der Waals surface area (Å²) < 4.78 is 33.7. The number of anilines is 1. The van der Waals surface area contributed by atoms with Crippen molar-refractivity contribution in [3.8, 4) is 0 Å². The molecule has 1 heterocycles. The molecule has 2 rings (SSSR count). The monoisotopic (exact) mass is 255 g/mol. The van der Waals surface area contributed by atoms with Gasteiger partial charge in [-0.1, -0.05) is 0 Å². The molecule has 88 valence electrons. The summed E-state index contributed by atoms with van der Waals surface area (Å²) >= 11 is 0. The standard InChI is InChI=1S/C10H6FNO4S/c11-17(15,16)8-3-1-7(2-4-8)12-9(13)5-6-10(12)14/h1-6H. The highest BCUT2D eigenvalue weighted by Gasteiger charge is 2.25. The molecule has 17 heavy (non-hydrogen) atoms. The largest absolute Gasteiger partial charge is 0.332 e. The molecule has 0 saturated heterocycles. The third-order valence-electron chi connectivity index (χ3n) is 2.19. The lowest BCUT2D eigenvalue weighted by atomic mass is 10.3. The summed E-state index contributed by atoms with van der Waals surface area (Å²) in [5, 5.41) is 0. The van der Waals surface area contributed by atoms with Crippen LogP contribution in [0.5, 0.6) is 0 Å². The molecule has 1 aliphatic rings. The van der Waals surface area contributed by atoms with Crippen molar-refractivity contribution in [2.24, 2.45) is 0 Å².